The Morgan fingerprint density at radius 2 is 1.94 bits per heavy atom. The molecular formula is C11H20N3O3. The first-order chi connectivity index (χ1) is 7.63. The van der Waals surface area contributed by atoms with Crippen molar-refractivity contribution in [2.45, 2.75) is 38.9 Å². The van der Waals surface area contributed by atoms with Gasteiger partial charge in [0.25, 0.3) is 0 Å². The average Bonchev–Trinajstić information content (AvgIpc) is 2.39. The van der Waals surface area contributed by atoms with Crippen LogP contribution in [0.25, 0.3) is 0 Å². The highest BCUT2D eigenvalue weighted by molar-refractivity contribution is 5.94. The standard InChI is InChI=1S/C11H20N3O3/c1-10(2)9(12-11(3,4)14(10)16)13(5)7-8(15)17-6/h7H2,1-6H3. The van der Waals surface area contributed by atoms with E-state index < -0.39 is 11.2 Å². The molecule has 0 atom stereocenters. The van der Waals surface area contributed by atoms with Crippen molar-refractivity contribution in [2.24, 2.45) is 4.99 Å². The Morgan fingerprint density at radius 1 is 1.41 bits per heavy atom. The van der Waals surface area contributed by atoms with E-state index in [9.17, 15) is 10.0 Å². The lowest BCUT2D eigenvalue weighted by Gasteiger charge is -2.33. The predicted octanol–water partition coefficient (Wildman–Crippen LogP) is 0.665. The van der Waals surface area contributed by atoms with Gasteiger partial charge in [-0.05, 0) is 27.7 Å². The second-order valence-electron chi connectivity index (χ2n) is 5.22. The van der Waals surface area contributed by atoms with Crippen LogP contribution < -0.4 is 0 Å². The summed E-state index contributed by atoms with van der Waals surface area (Å²) in [5.41, 5.74) is -1.55. The number of nitrogens with zero attached hydrogens (tertiary/aromatic N) is 3. The summed E-state index contributed by atoms with van der Waals surface area (Å²) in [7, 11) is 3.06. The second-order valence-corrected chi connectivity index (χ2v) is 5.22. The fraction of sp³-hybridized carbons (Fsp3) is 0.818. The highest BCUT2D eigenvalue weighted by Crippen LogP contribution is 2.34. The molecule has 1 aliphatic heterocycles. The van der Waals surface area contributed by atoms with Gasteiger partial charge < -0.3 is 9.64 Å². The monoisotopic (exact) mass is 242 g/mol. The fourth-order valence-corrected chi connectivity index (χ4v) is 2.10. The van der Waals surface area contributed by atoms with E-state index in [4.69, 9.17) is 0 Å². The van der Waals surface area contributed by atoms with Crippen LogP contribution in [0.2, 0.25) is 0 Å². The Balaban J connectivity index is 2.94. The lowest BCUT2D eigenvalue weighted by molar-refractivity contribution is -0.241. The number of carbonyl (C=O) groups is 1. The van der Waals surface area contributed by atoms with E-state index in [0.29, 0.717) is 5.84 Å². The molecule has 6 nitrogen and oxygen atoms in total. The first kappa shape index (κ1) is 13.9. The summed E-state index contributed by atoms with van der Waals surface area (Å²) in [6.07, 6.45) is 0. The number of likely N-dealkylation sites (N-methyl/N-ethyl adjacent to an activating group) is 1. The lowest BCUT2D eigenvalue weighted by Crippen LogP contribution is -2.53. The molecule has 0 spiro atoms. The zero-order valence-corrected chi connectivity index (χ0v) is 11.3. The summed E-state index contributed by atoms with van der Waals surface area (Å²) in [5, 5.41) is 13.0. The number of ether oxygens (including phenoxy) is 1. The van der Waals surface area contributed by atoms with E-state index in [0.717, 1.165) is 5.06 Å². The molecule has 17 heavy (non-hydrogen) atoms. The van der Waals surface area contributed by atoms with Crippen LogP contribution in [-0.4, -0.2) is 53.7 Å². The van der Waals surface area contributed by atoms with Crippen molar-refractivity contribution < 1.29 is 14.7 Å². The van der Waals surface area contributed by atoms with Crippen molar-refractivity contribution in [1.29, 1.82) is 0 Å². The Labute approximate surface area is 102 Å². The van der Waals surface area contributed by atoms with Crippen molar-refractivity contribution in [3.8, 4) is 0 Å². The van der Waals surface area contributed by atoms with E-state index in [-0.39, 0.29) is 12.5 Å². The molecule has 0 fully saturated rings. The van der Waals surface area contributed by atoms with Crippen molar-refractivity contribution in [3.63, 3.8) is 0 Å². The molecule has 0 unspecified atom stereocenters. The van der Waals surface area contributed by atoms with E-state index in [1.807, 2.05) is 0 Å². The third kappa shape index (κ3) is 2.42. The van der Waals surface area contributed by atoms with Gasteiger partial charge in [0.05, 0.1) is 7.11 Å². The van der Waals surface area contributed by atoms with E-state index >= 15 is 0 Å². The van der Waals surface area contributed by atoms with Crippen LogP contribution in [0.3, 0.4) is 0 Å². The van der Waals surface area contributed by atoms with Gasteiger partial charge >= 0.3 is 5.97 Å². The SMILES string of the molecule is COC(=O)CN(C)C1=NC(C)(C)N([O])C1(C)C. The molecule has 0 aromatic heterocycles. The van der Waals surface area contributed by atoms with Gasteiger partial charge in [-0.3, -0.25) is 4.79 Å². The van der Waals surface area contributed by atoms with Gasteiger partial charge in [0, 0.05) is 7.05 Å². The molecule has 0 N–H and O–H groups in total. The fourth-order valence-electron chi connectivity index (χ4n) is 2.10. The van der Waals surface area contributed by atoms with E-state index in [1.165, 1.54) is 7.11 Å². The number of hydroxylamine groups is 2. The van der Waals surface area contributed by atoms with Crippen LogP contribution in [0.4, 0.5) is 0 Å². The summed E-state index contributed by atoms with van der Waals surface area (Å²) in [5.74, 6) is 0.246. The molecule has 0 aromatic carbocycles. The van der Waals surface area contributed by atoms with Crippen molar-refractivity contribution in [1.82, 2.24) is 9.96 Å². The quantitative estimate of drug-likeness (QED) is 0.667. The number of aliphatic imine (C=N–C) groups is 1. The summed E-state index contributed by atoms with van der Waals surface area (Å²) in [4.78, 5) is 17.3. The molecule has 1 radical (unpaired) electrons. The highest BCUT2D eigenvalue weighted by atomic mass is 16.5. The Bertz CT molecular complexity index is 350. The van der Waals surface area contributed by atoms with Crippen LogP contribution in [0, 0.1) is 0 Å². The molecule has 0 saturated carbocycles. The van der Waals surface area contributed by atoms with Gasteiger partial charge in [-0.25, -0.2) is 4.99 Å². The number of hydrogen-bond acceptors (Lipinski definition) is 5. The molecule has 0 bridgehead atoms. The Morgan fingerprint density at radius 3 is 2.29 bits per heavy atom. The maximum absolute atomic E-state index is 12.1. The van der Waals surface area contributed by atoms with Crippen LogP contribution in [-0.2, 0) is 14.7 Å². The van der Waals surface area contributed by atoms with Crippen molar-refractivity contribution >= 4 is 11.8 Å². The molecular weight excluding hydrogens is 222 g/mol. The first-order valence-electron chi connectivity index (χ1n) is 5.48. The highest BCUT2D eigenvalue weighted by Gasteiger charge is 2.49. The molecule has 97 valence electrons. The topological polar surface area (TPSA) is 65.0 Å². The normalized spacial score (nSPS) is 22.2. The van der Waals surface area contributed by atoms with Gasteiger partial charge in [-0.1, -0.05) is 0 Å². The molecule has 1 aliphatic rings. The number of esters is 1. The minimum absolute atomic E-state index is 0.0860. The number of carbonyl (C=O) groups excluding carboxylic acids is 1. The molecule has 0 amide bonds. The smallest absolute Gasteiger partial charge is 0.325 e. The molecule has 0 aromatic rings. The predicted molar refractivity (Wildman–Crippen MR) is 62.8 cm³/mol. The number of amidine groups is 1. The maximum atomic E-state index is 12.1. The van der Waals surface area contributed by atoms with Gasteiger partial charge in [0.15, 0.2) is 0 Å². The zero-order valence-electron chi connectivity index (χ0n) is 11.3. The molecule has 1 rings (SSSR count). The van der Waals surface area contributed by atoms with Gasteiger partial charge in [0.1, 0.15) is 23.6 Å². The largest absolute Gasteiger partial charge is 0.468 e. The summed E-state index contributed by atoms with van der Waals surface area (Å²) in [6, 6.07) is 0. The van der Waals surface area contributed by atoms with Crippen molar-refractivity contribution in [2.75, 3.05) is 20.7 Å². The number of rotatable bonds is 2. The van der Waals surface area contributed by atoms with E-state index in [2.05, 4.69) is 9.73 Å². The minimum atomic E-state index is -0.802. The number of methoxy groups -OCH3 is 1. The molecule has 1 heterocycles. The molecule has 6 heteroatoms. The van der Waals surface area contributed by atoms with Crippen molar-refractivity contribution in [3.05, 3.63) is 0 Å². The van der Waals surface area contributed by atoms with Crippen LogP contribution in [0.15, 0.2) is 4.99 Å². The lowest BCUT2D eigenvalue weighted by atomic mass is 10.0. The van der Waals surface area contributed by atoms with E-state index in [1.54, 1.807) is 39.6 Å². The Kier molecular flexibility index (Phi) is 3.50. The first-order valence-corrected chi connectivity index (χ1v) is 5.48. The summed E-state index contributed by atoms with van der Waals surface area (Å²) >= 11 is 0. The third-order valence-corrected chi connectivity index (χ3v) is 2.89. The second kappa shape index (κ2) is 4.27. The third-order valence-electron chi connectivity index (χ3n) is 2.89. The maximum Gasteiger partial charge on any atom is 0.325 e. The van der Waals surface area contributed by atoms with Gasteiger partial charge in [0.2, 0.25) is 0 Å². The Hall–Kier alpha value is -1.14. The van der Waals surface area contributed by atoms with Crippen LogP contribution in [0.5, 0.6) is 0 Å². The number of hydrogen-bond donors (Lipinski definition) is 0. The summed E-state index contributed by atoms with van der Waals surface area (Å²) < 4.78 is 4.60. The molecule has 0 saturated heterocycles. The molecule has 0 aliphatic carbocycles. The van der Waals surface area contributed by atoms with Crippen LogP contribution in [0.1, 0.15) is 27.7 Å². The summed E-state index contributed by atoms with van der Waals surface area (Å²) in [6.45, 7) is 7.17. The average molecular weight is 242 g/mol. The minimum Gasteiger partial charge on any atom is -0.468 e. The van der Waals surface area contributed by atoms with Gasteiger partial charge in [-0.15, -0.1) is 10.3 Å². The van der Waals surface area contributed by atoms with Crippen LogP contribution >= 0.6 is 0 Å². The zero-order chi connectivity index (χ0) is 13.4. The van der Waals surface area contributed by atoms with Gasteiger partial charge in [-0.2, -0.15) is 0 Å².